The van der Waals surface area contributed by atoms with E-state index in [0.717, 1.165) is 98.2 Å². The Kier molecular flexibility index (Phi) is 14.2. The molecule has 3 N–H and O–H groups in total. The smallest absolute Gasteiger partial charge is 0.234 e. The van der Waals surface area contributed by atoms with Gasteiger partial charge in [-0.3, -0.25) is 24.8 Å². The fourth-order valence-electron chi connectivity index (χ4n) is 9.52. The molecule has 0 aliphatic carbocycles. The van der Waals surface area contributed by atoms with Gasteiger partial charge in [-0.2, -0.15) is 4.98 Å². The Morgan fingerprint density at radius 1 is 0.892 bits per heavy atom. The molecule has 3 saturated heterocycles. The van der Waals surface area contributed by atoms with Gasteiger partial charge in [0.2, 0.25) is 17.8 Å². The van der Waals surface area contributed by atoms with Gasteiger partial charge in [0.05, 0.1) is 34.4 Å². The number of nitrogens with zero attached hydrogens (tertiary/aromatic N) is 6. The number of benzene rings is 3. The zero-order chi connectivity index (χ0) is 46.0. The number of methoxy groups -OCH3 is 1. The molecule has 0 radical (unpaired) electrons. The maximum absolute atomic E-state index is 15.1. The first-order valence-electron chi connectivity index (χ1n) is 22.5. The van der Waals surface area contributed by atoms with Crippen molar-refractivity contribution < 1.29 is 27.7 Å². The zero-order valence-corrected chi connectivity index (χ0v) is 40.1. The fraction of sp³-hybridized carbons (Fsp3) is 0.438. The highest BCUT2D eigenvalue weighted by molar-refractivity contribution is 9.10. The number of imide groups is 1. The van der Waals surface area contributed by atoms with Crippen molar-refractivity contribution in [3.8, 4) is 5.75 Å². The van der Waals surface area contributed by atoms with Gasteiger partial charge in [-0.05, 0) is 115 Å². The second kappa shape index (κ2) is 19.8. The van der Waals surface area contributed by atoms with Crippen LogP contribution in [-0.2, 0) is 33.4 Å². The van der Waals surface area contributed by atoms with E-state index in [-0.39, 0.29) is 18.4 Å². The van der Waals surface area contributed by atoms with Crippen LogP contribution in [0.2, 0.25) is 0 Å². The molecule has 0 bridgehead atoms. The number of amides is 2. The lowest BCUT2D eigenvalue weighted by atomic mass is 9.89. The number of aromatic nitrogens is 3. The van der Waals surface area contributed by atoms with Crippen LogP contribution in [-0.4, -0.2) is 109 Å². The summed E-state index contributed by atoms with van der Waals surface area (Å²) in [4.78, 5) is 45.4. The average molecular weight is 973 g/mol. The molecule has 0 saturated carbocycles. The van der Waals surface area contributed by atoms with Gasteiger partial charge in [0, 0.05) is 98.2 Å². The van der Waals surface area contributed by atoms with Crippen molar-refractivity contribution in [1.29, 1.82) is 0 Å². The van der Waals surface area contributed by atoms with Crippen LogP contribution in [0.25, 0.3) is 10.9 Å². The van der Waals surface area contributed by atoms with E-state index in [0.29, 0.717) is 52.2 Å². The average Bonchev–Trinajstić information content (AvgIpc) is 3.29. The maximum atomic E-state index is 15.1. The maximum Gasteiger partial charge on any atom is 0.234 e. The number of fused-ring (bicyclic) bond motifs is 1. The summed E-state index contributed by atoms with van der Waals surface area (Å²) in [6.07, 6.45) is 6.06. The highest BCUT2D eigenvalue weighted by Gasteiger charge is 2.33. The largest absolute Gasteiger partial charge is 0.494 e. The van der Waals surface area contributed by atoms with Crippen molar-refractivity contribution in [2.75, 3.05) is 81.8 Å². The molecule has 3 aromatic carbocycles. The molecule has 13 nitrogen and oxygen atoms in total. The zero-order valence-electron chi connectivity index (χ0n) is 37.6. The van der Waals surface area contributed by atoms with Crippen molar-refractivity contribution in [1.82, 2.24) is 30.1 Å². The molecule has 2 aromatic heterocycles. The first-order valence-corrected chi connectivity index (χ1v) is 25.9. The van der Waals surface area contributed by atoms with Gasteiger partial charge in [0.1, 0.15) is 30.3 Å². The van der Waals surface area contributed by atoms with Gasteiger partial charge in [0.25, 0.3) is 0 Å². The molecule has 0 spiro atoms. The summed E-state index contributed by atoms with van der Waals surface area (Å²) in [5.41, 5.74) is 5.89. The summed E-state index contributed by atoms with van der Waals surface area (Å²) >= 11 is 3.62. The molecule has 5 heterocycles. The number of ether oxygens (including phenoxy) is 1. The first kappa shape index (κ1) is 46.5. The van der Waals surface area contributed by atoms with Crippen molar-refractivity contribution >= 4 is 79.9 Å². The van der Waals surface area contributed by atoms with Crippen LogP contribution in [0.15, 0.2) is 59.2 Å². The number of halogens is 3. The molecule has 2 amide bonds. The third-order valence-electron chi connectivity index (χ3n) is 13.0. The molecule has 5 aromatic rings. The van der Waals surface area contributed by atoms with E-state index >= 15 is 8.78 Å². The van der Waals surface area contributed by atoms with Crippen LogP contribution in [0.3, 0.4) is 0 Å². The SMILES string of the molecule is CCc1ccc2c(P(C)(C)=O)c(Nc3nc(Nc4cc(CC)c(N5CCC(N6CCN(CCc7cc(F)c(C8CCC(=O)NC8=O)c(F)c7)CC6)CC5)cc4OC)ncc3Br)ccc2n1. The van der Waals surface area contributed by atoms with Gasteiger partial charge in [0.15, 0.2) is 0 Å². The normalized spacial score (nSPS) is 18.0. The molecular formula is C48H57BrF2N9O4P. The van der Waals surface area contributed by atoms with Crippen LogP contribution in [0.4, 0.5) is 37.6 Å². The second-order valence-corrected chi connectivity index (χ2v) is 21.5. The Hall–Kier alpha value is -5.02. The number of anilines is 5. The third-order valence-corrected chi connectivity index (χ3v) is 15.1. The van der Waals surface area contributed by atoms with Gasteiger partial charge in [-0.1, -0.05) is 19.9 Å². The number of aryl methyl sites for hydroxylation is 2. The Bertz CT molecular complexity index is 2630. The van der Waals surface area contributed by atoms with Crippen molar-refractivity contribution in [2.45, 2.75) is 70.8 Å². The minimum absolute atomic E-state index is 0.0644. The Morgan fingerprint density at radius 2 is 1.63 bits per heavy atom. The third kappa shape index (κ3) is 10.4. The minimum atomic E-state index is -2.75. The predicted octanol–water partition coefficient (Wildman–Crippen LogP) is 8.28. The van der Waals surface area contributed by atoms with E-state index in [1.165, 1.54) is 17.7 Å². The fourth-order valence-corrected chi connectivity index (χ4v) is 11.3. The molecule has 1 unspecified atom stereocenters. The Labute approximate surface area is 387 Å². The van der Waals surface area contributed by atoms with E-state index in [2.05, 4.69) is 77.5 Å². The lowest BCUT2D eigenvalue weighted by Crippen LogP contribution is -2.53. The molecular weight excluding hydrogens is 915 g/mol. The monoisotopic (exact) mass is 971 g/mol. The summed E-state index contributed by atoms with van der Waals surface area (Å²) in [5, 5.41) is 10.6. The number of rotatable bonds is 14. The lowest BCUT2D eigenvalue weighted by Gasteiger charge is -2.43. The quantitative estimate of drug-likeness (QED) is 0.0728. The topological polar surface area (TPSA) is 145 Å². The standard InChI is InChI=1S/C48H57BrF2N9O4P/c1-6-30-26-40(55-48-52-28-35(49)46(57-48)54-39-12-11-38-33(45(39)65(4,5)63)9-8-31(7-2)53-38)42(64-3)27-41(30)60-18-15-32(16-19-60)59-22-20-58(21-23-59)17-14-29-24-36(50)44(37(51)25-29)34-10-13-43(61)56-47(34)62/h8-9,11-12,24-28,32,34H,6-7,10,13-23H2,1-5H3,(H,56,61,62)(H2,52,54,55,57). The van der Waals surface area contributed by atoms with Gasteiger partial charge < -0.3 is 29.7 Å². The predicted molar refractivity (Wildman–Crippen MR) is 257 cm³/mol. The van der Waals surface area contributed by atoms with Crippen LogP contribution in [0.5, 0.6) is 5.75 Å². The van der Waals surface area contributed by atoms with Gasteiger partial charge >= 0.3 is 0 Å². The number of carbonyl (C=O) groups excluding carboxylic acids is 2. The number of hydrogen-bond donors (Lipinski definition) is 3. The van der Waals surface area contributed by atoms with Gasteiger partial charge in [-0.25, -0.2) is 13.8 Å². The van der Waals surface area contributed by atoms with Crippen LogP contribution >= 0.6 is 23.1 Å². The number of carbonyl (C=O) groups is 2. The summed E-state index contributed by atoms with van der Waals surface area (Å²) in [6, 6.07) is 15.2. The van der Waals surface area contributed by atoms with E-state index in [9.17, 15) is 14.2 Å². The molecule has 344 valence electrons. The van der Waals surface area contributed by atoms with E-state index in [1.54, 1.807) is 26.6 Å². The summed E-state index contributed by atoms with van der Waals surface area (Å²) in [5.74, 6) is -1.94. The molecule has 8 rings (SSSR count). The van der Waals surface area contributed by atoms with E-state index in [4.69, 9.17) is 14.7 Å². The van der Waals surface area contributed by atoms with Crippen molar-refractivity contribution in [3.63, 3.8) is 0 Å². The first-order chi connectivity index (χ1) is 31.2. The number of nitrogens with one attached hydrogen (secondary N) is 3. The van der Waals surface area contributed by atoms with E-state index in [1.807, 2.05) is 24.3 Å². The van der Waals surface area contributed by atoms with Crippen molar-refractivity contribution in [2.24, 2.45) is 0 Å². The van der Waals surface area contributed by atoms with Crippen LogP contribution < -0.4 is 30.9 Å². The minimum Gasteiger partial charge on any atom is -0.494 e. The van der Waals surface area contributed by atoms with Crippen molar-refractivity contribution in [3.05, 3.63) is 93.2 Å². The number of pyridine rings is 1. The Balaban J connectivity index is 0.874. The van der Waals surface area contributed by atoms with Crippen LogP contribution in [0.1, 0.15) is 67.8 Å². The molecule has 1 atom stereocenters. The molecule has 3 fully saturated rings. The molecule has 3 aliphatic heterocycles. The Morgan fingerprint density at radius 3 is 2.29 bits per heavy atom. The highest BCUT2D eigenvalue weighted by atomic mass is 79.9. The molecule has 65 heavy (non-hydrogen) atoms. The summed E-state index contributed by atoms with van der Waals surface area (Å²) < 4.78 is 50.5. The second-order valence-electron chi connectivity index (χ2n) is 17.5. The van der Waals surface area contributed by atoms with Crippen LogP contribution in [0, 0.1) is 11.6 Å². The number of piperidine rings is 2. The summed E-state index contributed by atoms with van der Waals surface area (Å²) in [7, 11) is -1.08. The number of hydrogen-bond acceptors (Lipinski definition) is 12. The van der Waals surface area contributed by atoms with Gasteiger partial charge in [-0.15, -0.1) is 0 Å². The lowest BCUT2D eigenvalue weighted by molar-refractivity contribution is -0.134. The summed E-state index contributed by atoms with van der Waals surface area (Å²) in [6.45, 7) is 13.9. The highest BCUT2D eigenvalue weighted by Crippen LogP contribution is 2.42. The van der Waals surface area contributed by atoms with E-state index < -0.39 is 36.5 Å². The molecule has 3 aliphatic rings. The molecule has 17 heteroatoms. The number of piperazine rings is 1.